The maximum Gasteiger partial charge on any atom is 0.155 e. The summed E-state index contributed by atoms with van der Waals surface area (Å²) in [6, 6.07) is 14.4. The number of carbonyl (C=O) groups is 1. The molecule has 2 aromatic carbocycles. The fourth-order valence-electron chi connectivity index (χ4n) is 3.08. The van der Waals surface area contributed by atoms with Crippen LogP contribution in [-0.4, -0.2) is 17.5 Å². The summed E-state index contributed by atoms with van der Waals surface area (Å²) in [5.41, 5.74) is 3.05. The quantitative estimate of drug-likeness (QED) is 0.551. The van der Waals surface area contributed by atoms with Gasteiger partial charge in [0.15, 0.2) is 5.78 Å². The maximum absolute atomic E-state index is 13.3. The SMILES string of the molecule is COc1ccc(/C=C/C(=O)CCCn2c(C)cc3cc(F)ccc32)cc1. The van der Waals surface area contributed by atoms with Crippen LogP contribution < -0.4 is 4.74 Å². The summed E-state index contributed by atoms with van der Waals surface area (Å²) in [7, 11) is 1.63. The van der Waals surface area contributed by atoms with Gasteiger partial charge in [-0.15, -0.1) is 0 Å². The topological polar surface area (TPSA) is 31.2 Å². The molecular formula is C22H22FNO2. The predicted octanol–water partition coefficient (Wildman–Crippen LogP) is 5.16. The van der Waals surface area contributed by atoms with Gasteiger partial charge < -0.3 is 9.30 Å². The van der Waals surface area contributed by atoms with Crippen LogP contribution >= 0.6 is 0 Å². The van der Waals surface area contributed by atoms with Gasteiger partial charge in [0.25, 0.3) is 0 Å². The lowest BCUT2D eigenvalue weighted by molar-refractivity contribution is -0.114. The fraction of sp³-hybridized carbons (Fsp3) is 0.227. The smallest absolute Gasteiger partial charge is 0.155 e. The Morgan fingerprint density at radius 1 is 1.15 bits per heavy atom. The molecule has 0 unspecified atom stereocenters. The first-order valence-corrected chi connectivity index (χ1v) is 8.67. The highest BCUT2D eigenvalue weighted by Gasteiger charge is 2.07. The van der Waals surface area contributed by atoms with Crippen LogP contribution in [0.3, 0.4) is 0 Å². The van der Waals surface area contributed by atoms with Gasteiger partial charge in [0.1, 0.15) is 11.6 Å². The van der Waals surface area contributed by atoms with Gasteiger partial charge in [-0.1, -0.05) is 18.2 Å². The molecule has 0 aliphatic heterocycles. The van der Waals surface area contributed by atoms with Crippen LogP contribution in [0.5, 0.6) is 5.75 Å². The number of halogens is 1. The highest BCUT2D eigenvalue weighted by molar-refractivity contribution is 5.93. The van der Waals surface area contributed by atoms with Gasteiger partial charge in [-0.25, -0.2) is 4.39 Å². The molecule has 4 heteroatoms. The number of rotatable bonds is 7. The van der Waals surface area contributed by atoms with Crippen molar-refractivity contribution in [1.82, 2.24) is 4.57 Å². The molecule has 0 saturated carbocycles. The Hall–Kier alpha value is -2.88. The van der Waals surface area contributed by atoms with E-state index in [1.165, 1.54) is 6.07 Å². The van der Waals surface area contributed by atoms with E-state index >= 15 is 0 Å². The molecule has 1 aromatic heterocycles. The molecule has 0 fully saturated rings. The van der Waals surface area contributed by atoms with E-state index in [2.05, 4.69) is 4.57 Å². The maximum atomic E-state index is 13.3. The number of ketones is 1. The highest BCUT2D eigenvalue weighted by Crippen LogP contribution is 2.21. The van der Waals surface area contributed by atoms with Crippen molar-refractivity contribution < 1.29 is 13.9 Å². The van der Waals surface area contributed by atoms with Crippen molar-refractivity contribution in [2.24, 2.45) is 0 Å². The first-order valence-electron chi connectivity index (χ1n) is 8.67. The van der Waals surface area contributed by atoms with Gasteiger partial charge in [-0.2, -0.15) is 0 Å². The highest BCUT2D eigenvalue weighted by atomic mass is 19.1. The zero-order chi connectivity index (χ0) is 18.5. The van der Waals surface area contributed by atoms with Crippen LogP contribution in [0.15, 0.2) is 54.6 Å². The van der Waals surface area contributed by atoms with E-state index in [0.717, 1.165) is 40.9 Å². The Morgan fingerprint density at radius 3 is 2.65 bits per heavy atom. The van der Waals surface area contributed by atoms with E-state index in [1.54, 1.807) is 25.3 Å². The van der Waals surface area contributed by atoms with Crippen LogP contribution in [0.4, 0.5) is 4.39 Å². The third-order valence-corrected chi connectivity index (χ3v) is 4.45. The van der Waals surface area contributed by atoms with Crippen LogP contribution in [0.25, 0.3) is 17.0 Å². The Labute approximate surface area is 152 Å². The van der Waals surface area contributed by atoms with Crippen molar-refractivity contribution >= 4 is 22.8 Å². The van der Waals surface area contributed by atoms with Gasteiger partial charge in [-0.3, -0.25) is 4.79 Å². The first-order chi connectivity index (χ1) is 12.6. The first kappa shape index (κ1) is 17.9. The summed E-state index contributed by atoms with van der Waals surface area (Å²) in [4.78, 5) is 12.1. The number of allylic oxidation sites excluding steroid dienone is 1. The lowest BCUT2D eigenvalue weighted by atomic mass is 10.1. The Kier molecular flexibility index (Phi) is 5.52. The molecule has 0 aliphatic carbocycles. The van der Waals surface area contributed by atoms with Crippen LogP contribution in [0.1, 0.15) is 24.1 Å². The van der Waals surface area contributed by atoms with Crippen molar-refractivity contribution in [1.29, 1.82) is 0 Å². The number of methoxy groups -OCH3 is 1. The largest absolute Gasteiger partial charge is 0.497 e. The number of ether oxygens (including phenoxy) is 1. The lowest BCUT2D eigenvalue weighted by Crippen LogP contribution is -2.02. The van der Waals surface area contributed by atoms with Crippen LogP contribution in [0, 0.1) is 12.7 Å². The molecule has 26 heavy (non-hydrogen) atoms. The number of hydrogen-bond acceptors (Lipinski definition) is 2. The number of aryl methyl sites for hydroxylation is 2. The average Bonchev–Trinajstić information content (AvgIpc) is 2.95. The minimum Gasteiger partial charge on any atom is -0.497 e. The third kappa shape index (κ3) is 4.20. The van der Waals surface area contributed by atoms with Crippen molar-refractivity contribution in [2.45, 2.75) is 26.3 Å². The monoisotopic (exact) mass is 351 g/mol. The van der Waals surface area contributed by atoms with E-state index in [9.17, 15) is 9.18 Å². The van der Waals surface area contributed by atoms with E-state index in [-0.39, 0.29) is 11.6 Å². The summed E-state index contributed by atoms with van der Waals surface area (Å²) in [5.74, 6) is 0.664. The molecular weight excluding hydrogens is 329 g/mol. The van der Waals surface area contributed by atoms with Crippen molar-refractivity contribution in [3.63, 3.8) is 0 Å². The molecule has 0 atom stereocenters. The summed E-state index contributed by atoms with van der Waals surface area (Å²) < 4.78 is 20.6. The van der Waals surface area contributed by atoms with Crippen molar-refractivity contribution in [2.75, 3.05) is 7.11 Å². The summed E-state index contributed by atoms with van der Waals surface area (Å²) in [6.45, 7) is 2.74. The van der Waals surface area contributed by atoms with Crippen LogP contribution in [-0.2, 0) is 11.3 Å². The second-order valence-electron chi connectivity index (χ2n) is 6.32. The molecule has 0 aliphatic rings. The molecule has 3 aromatic rings. The molecule has 134 valence electrons. The number of benzene rings is 2. The Balaban J connectivity index is 1.56. The molecule has 0 bridgehead atoms. The molecule has 3 nitrogen and oxygen atoms in total. The molecule has 1 heterocycles. The fourth-order valence-corrected chi connectivity index (χ4v) is 3.08. The predicted molar refractivity (Wildman–Crippen MR) is 103 cm³/mol. The van der Waals surface area contributed by atoms with Gasteiger partial charge in [0.2, 0.25) is 0 Å². The van der Waals surface area contributed by atoms with Crippen LogP contribution in [0.2, 0.25) is 0 Å². The number of carbonyl (C=O) groups excluding carboxylic acids is 1. The molecule has 3 rings (SSSR count). The minimum atomic E-state index is -0.228. The third-order valence-electron chi connectivity index (χ3n) is 4.45. The standard InChI is InChI=1S/C22H22FNO2/c1-16-14-18-15-19(23)8-12-22(18)24(16)13-3-4-20(25)9-5-17-6-10-21(26-2)11-7-17/h5-12,14-15H,3-4,13H2,1-2H3/b9-5+. The van der Waals surface area contributed by atoms with Gasteiger partial charge in [0, 0.05) is 29.6 Å². The molecule has 0 radical (unpaired) electrons. The number of aromatic nitrogens is 1. The zero-order valence-electron chi connectivity index (χ0n) is 15.0. The second kappa shape index (κ2) is 8.00. The molecule has 0 N–H and O–H groups in total. The number of nitrogens with zero attached hydrogens (tertiary/aromatic N) is 1. The second-order valence-corrected chi connectivity index (χ2v) is 6.32. The van der Waals surface area contributed by atoms with Gasteiger partial charge >= 0.3 is 0 Å². The normalized spacial score (nSPS) is 11.3. The van der Waals surface area contributed by atoms with E-state index in [1.807, 2.05) is 43.3 Å². The summed E-state index contributed by atoms with van der Waals surface area (Å²) >= 11 is 0. The summed E-state index contributed by atoms with van der Waals surface area (Å²) in [5, 5.41) is 0.897. The van der Waals surface area contributed by atoms with Crippen molar-refractivity contribution in [3.8, 4) is 5.75 Å². The average molecular weight is 351 g/mol. The summed E-state index contributed by atoms with van der Waals surface area (Å²) in [6.07, 6.45) is 4.67. The molecule has 0 amide bonds. The Morgan fingerprint density at radius 2 is 1.92 bits per heavy atom. The number of hydrogen-bond donors (Lipinski definition) is 0. The lowest BCUT2D eigenvalue weighted by Gasteiger charge is -2.07. The molecule has 0 saturated heterocycles. The van der Waals surface area contributed by atoms with Gasteiger partial charge in [0.05, 0.1) is 7.11 Å². The zero-order valence-corrected chi connectivity index (χ0v) is 15.0. The van der Waals surface area contributed by atoms with Crippen molar-refractivity contribution in [3.05, 3.63) is 71.7 Å². The number of fused-ring (bicyclic) bond motifs is 1. The minimum absolute atomic E-state index is 0.0981. The molecule has 0 spiro atoms. The Bertz CT molecular complexity index is 939. The van der Waals surface area contributed by atoms with Gasteiger partial charge in [-0.05, 0) is 61.4 Å². The van der Waals surface area contributed by atoms with E-state index < -0.39 is 0 Å². The van der Waals surface area contributed by atoms with E-state index in [0.29, 0.717) is 6.42 Å². The van der Waals surface area contributed by atoms with E-state index in [4.69, 9.17) is 4.74 Å².